The first-order valence-electron chi connectivity index (χ1n) is 5.94. The molecule has 2 aromatic heterocycles. The number of halogens is 1. The molecule has 0 amide bonds. The summed E-state index contributed by atoms with van der Waals surface area (Å²) in [5, 5.41) is 4.89. The standard InChI is InChI=1S/C13H11BrN4OS/c1-7-11(20-10(6-15)16-7)13-17-12(18-19-13)8-4-2-3-5-9(8)14/h2-5H,6,15H2,1H3. The van der Waals surface area contributed by atoms with E-state index in [-0.39, 0.29) is 0 Å². The van der Waals surface area contributed by atoms with Crippen molar-refractivity contribution in [1.29, 1.82) is 0 Å². The van der Waals surface area contributed by atoms with E-state index in [4.69, 9.17) is 10.3 Å². The lowest BCUT2D eigenvalue weighted by Gasteiger charge is -1.96. The lowest BCUT2D eigenvalue weighted by atomic mass is 10.2. The number of benzene rings is 1. The topological polar surface area (TPSA) is 77.8 Å². The van der Waals surface area contributed by atoms with E-state index in [2.05, 4.69) is 31.1 Å². The molecule has 0 atom stereocenters. The lowest BCUT2D eigenvalue weighted by molar-refractivity contribution is 0.433. The number of aryl methyl sites for hydroxylation is 1. The molecular weight excluding hydrogens is 340 g/mol. The molecule has 0 saturated carbocycles. The summed E-state index contributed by atoms with van der Waals surface area (Å²) < 4.78 is 6.27. The first-order chi connectivity index (χ1) is 9.69. The minimum Gasteiger partial charge on any atom is -0.333 e. The molecule has 0 aliphatic carbocycles. The zero-order valence-corrected chi connectivity index (χ0v) is 13.0. The highest BCUT2D eigenvalue weighted by atomic mass is 79.9. The molecule has 7 heteroatoms. The Hall–Kier alpha value is -1.57. The van der Waals surface area contributed by atoms with Gasteiger partial charge in [-0.15, -0.1) is 11.3 Å². The van der Waals surface area contributed by atoms with Crippen molar-refractivity contribution in [3.63, 3.8) is 0 Å². The lowest BCUT2D eigenvalue weighted by Crippen LogP contribution is -1.94. The monoisotopic (exact) mass is 350 g/mol. The van der Waals surface area contributed by atoms with Gasteiger partial charge in [0.15, 0.2) is 0 Å². The molecule has 0 unspecified atom stereocenters. The second-order valence-electron chi connectivity index (χ2n) is 4.13. The third-order valence-corrected chi connectivity index (χ3v) is 4.61. The Morgan fingerprint density at radius 3 is 2.80 bits per heavy atom. The van der Waals surface area contributed by atoms with E-state index < -0.39 is 0 Å². The van der Waals surface area contributed by atoms with Crippen molar-refractivity contribution in [1.82, 2.24) is 15.1 Å². The van der Waals surface area contributed by atoms with Crippen LogP contribution in [0.4, 0.5) is 0 Å². The molecule has 0 aliphatic heterocycles. The predicted molar refractivity (Wildman–Crippen MR) is 81.2 cm³/mol. The molecule has 0 bridgehead atoms. The fourth-order valence-electron chi connectivity index (χ4n) is 1.81. The minimum atomic E-state index is 0.413. The quantitative estimate of drug-likeness (QED) is 0.783. The molecule has 0 radical (unpaired) electrons. The summed E-state index contributed by atoms with van der Waals surface area (Å²) in [7, 11) is 0. The molecule has 2 N–H and O–H groups in total. The van der Waals surface area contributed by atoms with Crippen LogP contribution in [0, 0.1) is 6.92 Å². The van der Waals surface area contributed by atoms with Gasteiger partial charge in [0, 0.05) is 16.6 Å². The Morgan fingerprint density at radius 2 is 2.10 bits per heavy atom. The van der Waals surface area contributed by atoms with Crippen molar-refractivity contribution in [2.24, 2.45) is 5.73 Å². The maximum atomic E-state index is 5.60. The number of nitrogens with two attached hydrogens (primary N) is 1. The maximum absolute atomic E-state index is 5.60. The minimum absolute atomic E-state index is 0.413. The smallest absolute Gasteiger partial charge is 0.270 e. The van der Waals surface area contributed by atoms with E-state index in [0.717, 1.165) is 25.6 Å². The van der Waals surface area contributed by atoms with Crippen LogP contribution in [0.3, 0.4) is 0 Å². The maximum Gasteiger partial charge on any atom is 0.270 e. The van der Waals surface area contributed by atoms with E-state index >= 15 is 0 Å². The van der Waals surface area contributed by atoms with Gasteiger partial charge in [0.1, 0.15) is 9.88 Å². The largest absolute Gasteiger partial charge is 0.333 e. The van der Waals surface area contributed by atoms with E-state index in [1.807, 2.05) is 31.2 Å². The summed E-state index contributed by atoms with van der Waals surface area (Å²) in [5.74, 6) is 1.03. The summed E-state index contributed by atoms with van der Waals surface area (Å²) in [5.41, 5.74) is 7.35. The molecule has 0 fully saturated rings. The Labute approximate surface area is 128 Å². The summed E-state index contributed by atoms with van der Waals surface area (Å²) in [6, 6.07) is 7.75. The SMILES string of the molecule is Cc1nc(CN)sc1-c1nc(-c2ccccc2Br)no1. The van der Waals surface area contributed by atoms with E-state index in [1.165, 1.54) is 11.3 Å². The van der Waals surface area contributed by atoms with Gasteiger partial charge >= 0.3 is 0 Å². The fraction of sp³-hybridized carbons (Fsp3) is 0.154. The normalized spacial score (nSPS) is 10.9. The van der Waals surface area contributed by atoms with Gasteiger partial charge < -0.3 is 10.3 Å². The Kier molecular flexibility index (Phi) is 3.64. The highest BCUT2D eigenvalue weighted by Gasteiger charge is 2.17. The molecule has 102 valence electrons. The van der Waals surface area contributed by atoms with Gasteiger partial charge in [0.05, 0.1) is 5.69 Å². The second kappa shape index (κ2) is 5.43. The van der Waals surface area contributed by atoms with Crippen LogP contribution < -0.4 is 5.73 Å². The van der Waals surface area contributed by atoms with Gasteiger partial charge in [-0.3, -0.25) is 0 Å². The molecule has 3 rings (SSSR count). The molecule has 2 heterocycles. The number of nitrogens with zero attached hydrogens (tertiary/aromatic N) is 3. The van der Waals surface area contributed by atoms with Crippen molar-refractivity contribution < 1.29 is 4.52 Å². The van der Waals surface area contributed by atoms with Crippen LogP contribution in [0.1, 0.15) is 10.7 Å². The van der Waals surface area contributed by atoms with Crippen LogP contribution in [0.2, 0.25) is 0 Å². The van der Waals surface area contributed by atoms with Crippen molar-refractivity contribution in [2.45, 2.75) is 13.5 Å². The zero-order valence-electron chi connectivity index (χ0n) is 10.6. The van der Waals surface area contributed by atoms with Crippen LogP contribution >= 0.6 is 27.3 Å². The average molecular weight is 351 g/mol. The fourth-order valence-corrected chi connectivity index (χ4v) is 3.13. The van der Waals surface area contributed by atoms with Gasteiger partial charge in [-0.2, -0.15) is 4.98 Å². The van der Waals surface area contributed by atoms with Crippen LogP contribution in [-0.2, 0) is 6.54 Å². The first-order valence-corrected chi connectivity index (χ1v) is 7.55. The first kappa shape index (κ1) is 13.4. The van der Waals surface area contributed by atoms with Crippen molar-refractivity contribution >= 4 is 27.3 Å². The highest BCUT2D eigenvalue weighted by Crippen LogP contribution is 2.31. The zero-order chi connectivity index (χ0) is 14.1. The number of rotatable bonds is 3. The van der Waals surface area contributed by atoms with Crippen LogP contribution in [-0.4, -0.2) is 15.1 Å². The summed E-state index contributed by atoms with van der Waals surface area (Å²) in [4.78, 5) is 9.67. The highest BCUT2D eigenvalue weighted by molar-refractivity contribution is 9.10. The van der Waals surface area contributed by atoms with E-state index in [9.17, 15) is 0 Å². The van der Waals surface area contributed by atoms with Crippen LogP contribution in [0.15, 0.2) is 33.3 Å². The molecule has 3 aromatic rings. The summed E-state index contributed by atoms with van der Waals surface area (Å²) >= 11 is 4.96. The Morgan fingerprint density at radius 1 is 1.30 bits per heavy atom. The van der Waals surface area contributed by atoms with Gasteiger partial charge in [-0.25, -0.2) is 4.98 Å². The van der Waals surface area contributed by atoms with E-state index in [0.29, 0.717) is 18.3 Å². The number of thiazole rings is 1. The molecule has 0 saturated heterocycles. The number of hydrogen-bond donors (Lipinski definition) is 1. The van der Waals surface area contributed by atoms with Crippen LogP contribution in [0.25, 0.3) is 22.2 Å². The molecule has 1 aromatic carbocycles. The van der Waals surface area contributed by atoms with Crippen molar-refractivity contribution in [3.8, 4) is 22.2 Å². The average Bonchev–Trinajstić information content (AvgIpc) is 3.05. The Balaban J connectivity index is 2.02. The third kappa shape index (κ3) is 2.39. The summed E-state index contributed by atoms with van der Waals surface area (Å²) in [6.07, 6.45) is 0. The molecule has 0 spiro atoms. The molecule has 5 nitrogen and oxygen atoms in total. The number of hydrogen-bond acceptors (Lipinski definition) is 6. The van der Waals surface area contributed by atoms with Gasteiger partial charge in [0.2, 0.25) is 5.82 Å². The van der Waals surface area contributed by atoms with Crippen molar-refractivity contribution in [2.75, 3.05) is 0 Å². The third-order valence-electron chi connectivity index (χ3n) is 2.75. The van der Waals surface area contributed by atoms with Gasteiger partial charge in [-0.05, 0) is 19.1 Å². The van der Waals surface area contributed by atoms with Gasteiger partial charge in [0.25, 0.3) is 5.89 Å². The molecular formula is C13H11BrN4OS. The van der Waals surface area contributed by atoms with Gasteiger partial charge in [-0.1, -0.05) is 33.2 Å². The predicted octanol–water partition coefficient (Wildman–Crippen LogP) is 3.39. The summed E-state index contributed by atoms with van der Waals surface area (Å²) in [6.45, 7) is 2.32. The molecule has 20 heavy (non-hydrogen) atoms. The van der Waals surface area contributed by atoms with E-state index in [1.54, 1.807) is 0 Å². The van der Waals surface area contributed by atoms with Crippen molar-refractivity contribution in [3.05, 3.63) is 39.4 Å². The Bertz CT molecular complexity index is 752. The second-order valence-corrected chi connectivity index (χ2v) is 6.07. The number of aromatic nitrogens is 3. The molecule has 0 aliphatic rings. The van der Waals surface area contributed by atoms with Crippen LogP contribution in [0.5, 0.6) is 0 Å².